The molecule has 0 aliphatic carbocycles. The molecule has 0 aliphatic heterocycles. The fourth-order valence-electron chi connectivity index (χ4n) is 5.04. The van der Waals surface area contributed by atoms with Crippen molar-refractivity contribution in [1.82, 2.24) is 18.9 Å². The number of aromatic nitrogens is 3. The molecule has 1 amide bonds. The van der Waals surface area contributed by atoms with Gasteiger partial charge < -0.3 is 14.6 Å². The molecule has 0 aliphatic rings. The largest absolute Gasteiger partial charge is 0.462 e. The van der Waals surface area contributed by atoms with E-state index in [1.165, 1.54) is 21.2 Å². The lowest BCUT2D eigenvalue weighted by molar-refractivity contribution is -0.111. The van der Waals surface area contributed by atoms with Gasteiger partial charge >= 0.3 is 5.97 Å². The van der Waals surface area contributed by atoms with E-state index in [4.69, 9.17) is 9.72 Å². The fourth-order valence-corrected chi connectivity index (χ4v) is 5.04. The highest BCUT2D eigenvalue weighted by molar-refractivity contribution is 5.99. The highest BCUT2D eigenvalue weighted by Gasteiger charge is 2.25. The van der Waals surface area contributed by atoms with Crippen LogP contribution in [-0.4, -0.2) is 44.4 Å². The van der Waals surface area contributed by atoms with Crippen LogP contribution < -0.4 is 10.9 Å². The highest BCUT2D eigenvalue weighted by atomic mass is 19.1. The van der Waals surface area contributed by atoms with Crippen LogP contribution in [0.15, 0.2) is 96.4 Å². The zero-order valence-corrected chi connectivity index (χ0v) is 24.8. The van der Waals surface area contributed by atoms with Crippen molar-refractivity contribution in [2.45, 2.75) is 26.6 Å². The summed E-state index contributed by atoms with van der Waals surface area (Å²) in [6.45, 7) is 5.50. The number of nitrogens with zero attached hydrogens (tertiary/aromatic N) is 4. The Labute approximate surface area is 258 Å². The predicted octanol–water partition coefficient (Wildman–Crippen LogP) is 5.42. The number of hydrogen-bond acceptors (Lipinski definition) is 6. The number of esters is 1. The maximum Gasteiger partial charge on any atom is 0.345 e. The summed E-state index contributed by atoms with van der Waals surface area (Å²) in [7, 11) is 1.88. The third-order valence-electron chi connectivity index (χ3n) is 7.14. The molecule has 2 heterocycles. The molecular formula is C34H31F2N5O4. The van der Waals surface area contributed by atoms with Crippen molar-refractivity contribution in [3.8, 4) is 11.3 Å². The molecule has 0 saturated carbocycles. The molecule has 45 heavy (non-hydrogen) atoms. The number of anilines is 1. The maximum atomic E-state index is 14.8. The van der Waals surface area contributed by atoms with Gasteiger partial charge in [-0.2, -0.15) is 0 Å². The molecule has 230 valence electrons. The van der Waals surface area contributed by atoms with Gasteiger partial charge in [-0.25, -0.2) is 23.0 Å². The Morgan fingerprint density at radius 3 is 2.33 bits per heavy atom. The van der Waals surface area contributed by atoms with Crippen molar-refractivity contribution < 1.29 is 23.1 Å². The molecular weight excluding hydrogens is 580 g/mol. The topological polar surface area (TPSA) is 97.9 Å². The lowest BCUT2D eigenvalue weighted by Gasteiger charge is -2.18. The van der Waals surface area contributed by atoms with Crippen LogP contribution in [-0.2, 0) is 29.2 Å². The summed E-state index contributed by atoms with van der Waals surface area (Å²) in [6.07, 6.45) is 2.38. The molecule has 0 saturated heterocycles. The van der Waals surface area contributed by atoms with Gasteiger partial charge in [0.1, 0.15) is 17.2 Å². The predicted molar refractivity (Wildman–Crippen MR) is 167 cm³/mol. The van der Waals surface area contributed by atoms with Crippen molar-refractivity contribution >= 4 is 23.3 Å². The average Bonchev–Trinajstić information content (AvgIpc) is 3.40. The van der Waals surface area contributed by atoms with Crippen molar-refractivity contribution in [3.63, 3.8) is 0 Å². The Morgan fingerprint density at radius 1 is 1.00 bits per heavy atom. The molecule has 0 spiro atoms. The van der Waals surface area contributed by atoms with E-state index >= 15 is 0 Å². The van der Waals surface area contributed by atoms with Gasteiger partial charge in [-0.1, -0.05) is 55.1 Å². The van der Waals surface area contributed by atoms with Crippen LogP contribution in [0.4, 0.5) is 14.5 Å². The van der Waals surface area contributed by atoms with E-state index in [2.05, 4.69) is 11.9 Å². The van der Waals surface area contributed by atoms with E-state index in [1.54, 1.807) is 31.2 Å². The molecule has 0 unspecified atom stereocenters. The number of imidazole rings is 1. The Hall–Kier alpha value is -5.42. The SMILES string of the molecule is C=CC(=O)Nc1ccc(-c2nc3n(Cc4c(F)cccc4F)cc(C(=O)OCC)c(=O)n3c2CN(C)Cc2ccccc2)cc1. The van der Waals surface area contributed by atoms with E-state index in [-0.39, 0.29) is 42.5 Å². The standard InChI is InChI=1S/C34H31F2N5O4/c1-4-30(42)37-24-16-14-23(15-17-24)31-29(21-39(3)18-22-10-7-6-8-11-22)41-32(43)26(33(44)45-5-2)20-40(34(41)38-31)19-25-27(35)12-9-13-28(25)36/h4,6-17,20H,1,5,18-19,21H2,2-3H3,(H,37,42). The third kappa shape index (κ3) is 6.73. The van der Waals surface area contributed by atoms with Gasteiger partial charge in [-0.15, -0.1) is 0 Å². The highest BCUT2D eigenvalue weighted by Crippen LogP contribution is 2.28. The van der Waals surface area contributed by atoms with Crippen LogP contribution in [0.1, 0.15) is 34.1 Å². The van der Waals surface area contributed by atoms with Crippen molar-refractivity contribution in [1.29, 1.82) is 0 Å². The lowest BCUT2D eigenvalue weighted by Crippen LogP contribution is -2.29. The van der Waals surface area contributed by atoms with E-state index in [0.717, 1.165) is 23.8 Å². The van der Waals surface area contributed by atoms with Crippen LogP contribution in [0.5, 0.6) is 0 Å². The van der Waals surface area contributed by atoms with Gasteiger partial charge in [-0.05, 0) is 49.9 Å². The molecule has 0 bridgehead atoms. The van der Waals surface area contributed by atoms with Gasteiger partial charge in [0.05, 0.1) is 24.5 Å². The number of benzene rings is 3. The van der Waals surface area contributed by atoms with Crippen molar-refractivity contribution in [3.05, 3.63) is 136 Å². The first-order valence-corrected chi connectivity index (χ1v) is 14.2. The smallest absolute Gasteiger partial charge is 0.345 e. The second kappa shape index (κ2) is 13.5. The van der Waals surface area contributed by atoms with E-state index in [1.807, 2.05) is 42.3 Å². The number of rotatable bonds is 11. The molecule has 11 heteroatoms. The molecule has 0 radical (unpaired) electrons. The van der Waals surface area contributed by atoms with Gasteiger partial charge in [0.25, 0.3) is 5.56 Å². The van der Waals surface area contributed by atoms with E-state index in [9.17, 15) is 23.2 Å². The Balaban J connectivity index is 1.72. The molecule has 2 aromatic heterocycles. The Bertz CT molecular complexity index is 1910. The quantitative estimate of drug-likeness (QED) is 0.158. The van der Waals surface area contributed by atoms with Gasteiger partial charge in [0.2, 0.25) is 11.7 Å². The number of nitrogens with one attached hydrogen (secondary N) is 1. The zero-order chi connectivity index (χ0) is 32.1. The summed E-state index contributed by atoms with van der Waals surface area (Å²) in [5, 5.41) is 2.69. The van der Waals surface area contributed by atoms with Crippen molar-refractivity contribution in [2.75, 3.05) is 19.0 Å². The summed E-state index contributed by atoms with van der Waals surface area (Å²) in [4.78, 5) is 45.6. The average molecular weight is 612 g/mol. The summed E-state index contributed by atoms with van der Waals surface area (Å²) in [6, 6.07) is 20.1. The van der Waals surface area contributed by atoms with Gasteiger partial charge in [0.15, 0.2) is 0 Å². The lowest BCUT2D eigenvalue weighted by atomic mass is 10.1. The molecule has 0 fully saturated rings. The molecule has 3 aromatic carbocycles. The van der Waals surface area contributed by atoms with Crippen LogP contribution in [0.25, 0.3) is 17.0 Å². The minimum atomic E-state index is -0.867. The number of halogens is 2. The first kappa shape index (κ1) is 31.0. The zero-order valence-electron chi connectivity index (χ0n) is 24.8. The second-order valence-corrected chi connectivity index (χ2v) is 10.4. The summed E-state index contributed by atoms with van der Waals surface area (Å²) in [5.41, 5.74) is 1.80. The van der Waals surface area contributed by atoms with E-state index in [0.29, 0.717) is 29.2 Å². The van der Waals surface area contributed by atoms with Crippen LogP contribution in [0, 0.1) is 11.6 Å². The number of hydrogen-bond donors (Lipinski definition) is 1. The monoisotopic (exact) mass is 611 g/mol. The van der Waals surface area contributed by atoms with Crippen LogP contribution in [0.2, 0.25) is 0 Å². The summed E-state index contributed by atoms with van der Waals surface area (Å²) < 4.78 is 37.4. The normalized spacial score (nSPS) is 11.1. The number of carbonyl (C=O) groups is 2. The minimum Gasteiger partial charge on any atom is -0.462 e. The first-order valence-electron chi connectivity index (χ1n) is 14.2. The van der Waals surface area contributed by atoms with Crippen LogP contribution >= 0.6 is 0 Å². The number of ether oxygens (including phenoxy) is 1. The summed E-state index contributed by atoms with van der Waals surface area (Å²) >= 11 is 0. The minimum absolute atomic E-state index is 0.0227. The number of carbonyl (C=O) groups excluding carboxylic acids is 2. The molecule has 9 nitrogen and oxygen atoms in total. The maximum absolute atomic E-state index is 14.8. The summed E-state index contributed by atoms with van der Waals surface area (Å²) in [5.74, 6) is -2.72. The number of amides is 1. The molecule has 0 atom stereocenters. The van der Waals surface area contributed by atoms with Gasteiger partial charge in [-0.3, -0.25) is 14.5 Å². The first-order chi connectivity index (χ1) is 21.7. The number of fused-ring (bicyclic) bond motifs is 1. The Kier molecular flexibility index (Phi) is 9.29. The van der Waals surface area contributed by atoms with E-state index < -0.39 is 23.2 Å². The van der Waals surface area contributed by atoms with Crippen LogP contribution in [0.3, 0.4) is 0 Å². The fraction of sp³-hybridized carbons (Fsp3) is 0.176. The Morgan fingerprint density at radius 2 is 1.69 bits per heavy atom. The van der Waals surface area contributed by atoms with Crippen molar-refractivity contribution in [2.24, 2.45) is 0 Å². The molecule has 5 rings (SSSR count). The molecule has 5 aromatic rings. The third-order valence-corrected chi connectivity index (χ3v) is 7.14. The van der Waals surface area contributed by atoms with Gasteiger partial charge in [0, 0.05) is 36.1 Å². The molecule has 1 N–H and O–H groups in total. The second-order valence-electron chi connectivity index (χ2n) is 10.4.